The predicted octanol–water partition coefficient (Wildman–Crippen LogP) is 2.50. The zero-order valence-corrected chi connectivity index (χ0v) is 18.6. The van der Waals surface area contributed by atoms with Gasteiger partial charge in [0.1, 0.15) is 12.4 Å². The topological polar surface area (TPSA) is 93.9 Å². The third-order valence-corrected chi connectivity index (χ3v) is 6.57. The number of ether oxygens (including phenoxy) is 2. The van der Waals surface area contributed by atoms with Gasteiger partial charge >= 0.3 is 5.97 Å². The van der Waals surface area contributed by atoms with Crippen molar-refractivity contribution in [1.82, 2.24) is 14.5 Å². The van der Waals surface area contributed by atoms with Crippen molar-refractivity contribution < 1.29 is 19.4 Å². The first kappa shape index (κ1) is 20.7. The molecule has 0 saturated heterocycles. The Morgan fingerprint density at radius 2 is 2.06 bits per heavy atom. The minimum absolute atomic E-state index is 0.0645. The molecule has 0 bridgehead atoms. The second kappa shape index (κ2) is 7.15. The van der Waals surface area contributed by atoms with Gasteiger partial charge in [-0.25, -0.2) is 9.78 Å². The molecule has 1 unspecified atom stereocenters. The number of nitrogens with zero attached hydrogens (tertiary/aromatic N) is 3. The SMILES string of the molecule is CCC1(OC)C(=O)OCc2c1cc1n(c2=O)Cc2cc3c(CN(C)C)c(O)ccc3nc2-1. The first-order chi connectivity index (χ1) is 15.3. The summed E-state index contributed by atoms with van der Waals surface area (Å²) in [6.07, 6.45) is 0.351. The molecule has 1 atom stereocenters. The summed E-state index contributed by atoms with van der Waals surface area (Å²) in [5.41, 5.74) is 3.32. The molecule has 0 radical (unpaired) electrons. The number of aromatic hydroxyl groups is 1. The molecule has 2 aliphatic rings. The third-order valence-electron chi connectivity index (χ3n) is 6.57. The summed E-state index contributed by atoms with van der Waals surface area (Å²) in [7, 11) is 5.35. The Morgan fingerprint density at radius 3 is 2.75 bits per heavy atom. The van der Waals surface area contributed by atoms with Gasteiger partial charge in [0.15, 0.2) is 5.60 Å². The van der Waals surface area contributed by atoms with E-state index in [-0.39, 0.29) is 17.9 Å². The van der Waals surface area contributed by atoms with Crippen LogP contribution >= 0.6 is 0 Å². The number of fused-ring (bicyclic) bond motifs is 5. The van der Waals surface area contributed by atoms with Gasteiger partial charge in [-0.15, -0.1) is 0 Å². The number of hydrogen-bond acceptors (Lipinski definition) is 7. The van der Waals surface area contributed by atoms with Gasteiger partial charge in [0.2, 0.25) is 0 Å². The monoisotopic (exact) mass is 435 g/mol. The maximum Gasteiger partial charge on any atom is 0.343 e. The molecule has 166 valence electrons. The number of esters is 1. The summed E-state index contributed by atoms with van der Waals surface area (Å²) >= 11 is 0. The maximum atomic E-state index is 13.4. The van der Waals surface area contributed by atoms with Gasteiger partial charge in [-0.05, 0) is 44.8 Å². The Morgan fingerprint density at radius 1 is 1.28 bits per heavy atom. The number of phenols is 1. The van der Waals surface area contributed by atoms with Crippen LogP contribution in [0.3, 0.4) is 0 Å². The number of carbonyl (C=O) groups excluding carboxylic acids is 1. The molecule has 2 aliphatic heterocycles. The Labute approximate surface area is 185 Å². The highest BCUT2D eigenvalue weighted by Gasteiger charge is 2.47. The predicted molar refractivity (Wildman–Crippen MR) is 118 cm³/mol. The van der Waals surface area contributed by atoms with Gasteiger partial charge in [0.25, 0.3) is 5.56 Å². The number of pyridine rings is 2. The fraction of sp³-hybridized carbons (Fsp3) is 0.375. The largest absolute Gasteiger partial charge is 0.508 e. The van der Waals surface area contributed by atoms with Crippen molar-refractivity contribution in [1.29, 1.82) is 0 Å². The Hall–Kier alpha value is -3.23. The Balaban J connectivity index is 1.75. The average molecular weight is 435 g/mol. The molecule has 0 fully saturated rings. The van der Waals surface area contributed by atoms with E-state index in [9.17, 15) is 14.7 Å². The van der Waals surface area contributed by atoms with E-state index in [0.29, 0.717) is 42.0 Å². The fourth-order valence-electron chi connectivity index (χ4n) is 4.91. The summed E-state index contributed by atoms with van der Waals surface area (Å²) in [5, 5.41) is 11.3. The van der Waals surface area contributed by atoms with E-state index in [1.54, 1.807) is 16.7 Å². The van der Waals surface area contributed by atoms with Gasteiger partial charge in [-0.1, -0.05) is 6.92 Å². The zero-order chi connectivity index (χ0) is 22.8. The molecule has 8 heteroatoms. The van der Waals surface area contributed by atoms with Crippen LogP contribution in [0, 0.1) is 0 Å². The van der Waals surface area contributed by atoms with Crippen molar-refractivity contribution in [2.24, 2.45) is 0 Å². The van der Waals surface area contributed by atoms with E-state index in [1.807, 2.05) is 38.1 Å². The molecule has 0 saturated carbocycles. The summed E-state index contributed by atoms with van der Waals surface area (Å²) in [5.74, 6) is -0.257. The molecule has 2 aromatic heterocycles. The smallest absolute Gasteiger partial charge is 0.343 e. The van der Waals surface area contributed by atoms with Crippen LogP contribution in [0.2, 0.25) is 0 Å². The van der Waals surface area contributed by atoms with Crippen molar-refractivity contribution in [2.45, 2.75) is 38.6 Å². The highest BCUT2D eigenvalue weighted by atomic mass is 16.6. The normalized spacial score (nSPS) is 19.1. The maximum absolute atomic E-state index is 13.4. The lowest BCUT2D eigenvalue weighted by molar-refractivity contribution is -0.176. The number of cyclic esters (lactones) is 1. The van der Waals surface area contributed by atoms with Gasteiger partial charge < -0.3 is 24.0 Å². The first-order valence-corrected chi connectivity index (χ1v) is 10.6. The van der Waals surface area contributed by atoms with Crippen LogP contribution in [0.4, 0.5) is 0 Å². The molecular weight excluding hydrogens is 410 g/mol. The zero-order valence-electron chi connectivity index (χ0n) is 18.6. The Bertz CT molecular complexity index is 1340. The lowest BCUT2D eigenvalue weighted by Crippen LogP contribution is -2.45. The minimum atomic E-state index is -1.30. The van der Waals surface area contributed by atoms with Crippen LogP contribution in [0.25, 0.3) is 22.3 Å². The molecule has 1 aromatic carbocycles. The molecule has 32 heavy (non-hydrogen) atoms. The number of hydrogen-bond donors (Lipinski definition) is 1. The molecule has 0 aliphatic carbocycles. The van der Waals surface area contributed by atoms with Crippen molar-refractivity contribution in [3.05, 3.63) is 56.9 Å². The standard InChI is InChI=1S/C24H25N3O5/c1-5-24(31-4)17-9-19-21-13(10-27(19)22(29)16(17)12-32-23(24)30)8-14-15(11-26(2)3)20(28)7-6-18(14)25-21/h6-9,28H,5,10-12H2,1-4H3. The van der Waals surface area contributed by atoms with Crippen molar-refractivity contribution in [3.8, 4) is 17.1 Å². The van der Waals surface area contributed by atoms with E-state index >= 15 is 0 Å². The lowest BCUT2D eigenvalue weighted by atomic mass is 9.85. The molecule has 1 N–H and O–H groups in total. The lowest BCUT2D eigenvalue weighted by Gasteiger charge is -2.35. The molecule has 4 heterocycles. The van der Waals surface area contributed by atoms with Crippen LogP contribution in [0.15, 0.2) is 29.1 Å². The van der Waals surface area contributed by atoms with E-state index < -0.39 is 11.6 Å². The average Bonchev–Trinajstić information content (AvgIpc) is 3.13. The van der Waals surface area contributed by atoms with Crippen molar-refractivity contribution in [2.75, 3.05) is 21.2 Å². The van der Waals surface area contributed by atoms with E-state index in [1.165, 1.54) is 7.11 Å². The molecule has 0 amide bonds. The van der Waals surface area contributed by atoms with Gasteiger partial charge in [0.05, 0.1) is 29.0 Å². The highest BCUT2D eigenvalue weighted by Crippen LogP contribution is 2.41. The van der Waals surface area contributed by atoms with Crippen LogP contribution in [-0.2, 0) is 39.6 Å². The van der Waals surface area contributed by atoms with E-state index in [2.05, 4.69) is 0 Å². The van der Waals surface area contributed by atoms with Crippen LogP contribution in [0.5, 0.6) is 5.75 Å². The molecule has 5 rings (SSSR count). The van der Waals surface area contributed by atoms with Gasteiger partial charge in [0, 0.05) is 35.7 Å². The Kier molecular flexibility index (Phi) is 4.61. The number of phenolic OH excluding ortho intramolecular Hbond substituents is 1. The number of carbonyl (C=O) groups is 1. The number of benzene rings is 1. The van der Waals surface area contributed by atoms with E-state index in [4.69, 9.17) is 14.5 Å². The van der Waals surface area contributed by atoms with Crippen LogP contribution in [-0.4, -0.2) is 46.7 Å². The number of rotatable bonds is 4. The molecule has 0 spiro atoms. The van der Waals surface area contributed by atoms with Gasteiger partial charge in [-0.2, -0.15) is 0 Å². The van der Waals surface area contributed by atoms with Crippen LogP contribution < -0.4 is 5.56 Å². The summed E-state index contributed by atoms with van der Waals surface area (Å²) in [6, 6.07) is 7.30. The molecule has 3 aromatic rings. The third kappa shape index (κ3) is 2.73. The summed E-state index contributed by atoms with van der Waals surface area (Å²) < 4.78 is 12.6. The molecular formula is C24H25N3O5. The van der Waals surface area contributed by atoms with Crippen molar-refractivity contribution in [3.63, 3.8) is 0 Å². The second-order valence-corrected chi connectivity index (χ2v) is 8.64. The first-order valence-electron chi connectivity index (χ1n) is 10.6. The fourth-order valence-corrected chi connectivity index (χ4v) is 4.91. The van der Waals surface area contributed by atoms with E-state index in [0.717, 1.165) is 22.0 Å². The summed E-state index contributed by atoms with van der Waals surface area (Å²) in [4.78, 5) is 32.9. The number of methoxy groups -OCH3 is 1. The van der Waals surface area contributed by atoms with Crippen molar-refractivity contribution >= 4 is 16.9 Å². The summed E-state index contributed by atoms with van der Waals surface area (Å²) in [6.45, 7) is 2.71. The highest BCUT2D eigenvalue weighted by molar-refractivity contribution is 5.89. The number of aromatic nitrogens is 2. The molecule has 8 nitrogen and oxygen atoms in total. The van der Waals surface area contributed by atoms with Crippen LogP contribution in [0.1, 0.15) is 35.6 Å². The van der Waals surface area contributed by atoms with Gasteiger partial charge in [-0.3, -0.25) is 4.79 Å². The minimum Gasteiger partial charge on any atom is -0.508 e. The quantitative estimate of drug-likeness (QED) is 0.492. The second-order valence-electron chi connectivity index (χ2n) is 8.64.